The van der Waals surface area contributed by atoms with E-state index in [0.29, 0.717) is 0 Å². The second-order valence-electron chi connectivity index (χ2n) is 1.70. The Kier molecular flexibility index (Phi) is 5.38. The molecule has 0 aromatic heterocycles. The molecular weight excluding hydrogens is 202 g/mol. The molecule has 70 valence electrons. The van der Waals surface area contributed by atoms with Crippen molar-refractivity contribution in [3.05, 3.63) is 5.53 Å². The summed E-state index contributed by atoms with van der Waals surface area (Å²) >= 11 is 5.32. The molecular formula is C5H10ClN2O3P. The largest absolute Gasteiger partial charge is 0.470 e. The summed E-state index contributed by atoms with van der Waals surface area (Å²) in [4.78, 5) is 2.02. The smallest absolute Gasteiger partial charge is 0.359 e. The van der Waals surface area contributed by atoms with Crippen LogP contribution in [0.1, 0.15) is 13.8 Å². The first-order valence-corrected chi connectivity index (χ1v) is 5.30. The molecule has 0 heterocycles. The maximum absolute atomic E-state index is 11.5. The summed E-state index contributed by atoms with van der Waals surface area (Å²) in [6.45, 7) is 3.60. The van der Waals surface area contributed by atoms with Gasteiger partial charge in [-0.15, -0.1) is 4.79 Å². The molecule has 5 nitrogen and oxygen atoms in total. The number of rotatable bonds is 5. The van der Waals surface area contributed by atoms with Crippen molar-refractivity contribution in [1.29, 1.82) is 0 Å². The minimum Gasteiger partial charge on any atom is -0.359 e. The van der Waals surface area contributed by atoms with E-state index in [9.17, 15) is 4.57 Å². The van der Waals surface area contributed by atoms with Gasteiger partial charge >= 0.3 is 12.5 Å². The van der Waals surface area contributed by atoms with Crippen LogP contribution in [0.15, 0.2) is 0 Å². The van der Waals surface area contributed by atoms with E-state index >= 15 is 0 Å². The van der Waals surface area contributed by atoms with E-state index in [4.69, 9.17) is 26.2 Å². The second-order valence-corrected chi connectivity index (χ2v) is 4.26. The minimum atomic E-state index is -3.54. The van der Waals surface area contributed by atoms with Crippen molar-refractivity contribution in [2.45, 2.75) is 13.8 Å². The Balaban J connectivity index is 4.62. The maximum atomic E-state index is 11.5. The molecule has 0 aromatic rings. The molecule has 0 N–H and O–H groups in total. The lowest BCUT2D eigenvalue weighted by Crippen LogP contribution is -2.02. The van der Waals surface area contributed by atoms with Crippen molar-refractivity contribution < 1.29 is 18.4 Å². The van der Waals surface area contributed by atoms with Crippen molar-refractivity contribution in [3.63, 3.8) is 0 Å². The number of hydrogen-bond acceptors (Lipinski definition) is 3. The van der Waals surface area contributed by atoms with Gasteiger partial charge in [-0.05, 0) is 13.8 Å². The van der Waals surface area contributed by atoms with Crippen LogP contribution in [-0.2, 0) is 13.6 Å². The van der Waals surface area contributed by atoms with Crippen LogP contribution < -0.4 is 0 Å². The molecule has 0 amide bonds. The monoisotopic (exact) mass is 212 g/mol. The van der Waals surface area contributed by atoms with Crippen LogP contribution >= 0.6 is 19.2 Å². The van der Waals surface area contributed by atoms with Gasteiger partial charge in [0.25, 0.3) is 0 Å². The Morgan fingerprint density at radius 3 is 2.17 bits per heavy atom. The number of halogens is 1. The zero-order chi connectivity index (χ0) is 9.61. The third-order valence-corrected chi connectivity index (χ3v) is 3.34. The van der Waals surface area contributed by atoms with Crippen LogP contribution in [0.4, 0.5) is 0 Å². The van der Waals surface area contributed by atoms with Gasteiger partial charge in [0.15, 0.2) is 0 Å². The molecule has 7 heteroatoms. The van der Waals surface area contributed by atoms with E-state index in [1.54, 1.807) is 13.8 Å². The SMILES string of the molecule is CCOP(=O)(OCC)C(Cl)=[N+]=[N-]. The Morgan fingerprint density at radius 2 is 1.92 bits per heavy atom. The summed E-state index contributed by atoms with van der Waals surface area (Å²) in [5.74, 6) is 0. The Labute approximate surface area is 75.8 Å². The van der Waals surface area contributed by atoms with Crippen LogP contribution in [0, 0.1) is 0 Å². The maximum Gasteiger partial charge on any atom is 0.470 e. The van der Waals surface area contributed by atoms with Gasteiger partial charge < -0.3 is 5.53 Å². The lowest BCUT2D eigenvalue weighted by Gasteiger charge is -2.08. The van der Waals surface area contributed by atoms with E-state index in [-0.39, 0.29) is 13.2 Å². The van der Waals surface area contributed by atoms with Crippen molar-refractivity contribution in [1.82, 2.24) is 0 Å². The van der Waals surface area contributed by atoms with Crippen molar-refractivity contribution in [2.24, 2.45) is 0 Å². The highest BCUT2D eigenvalue weighted by Crippen LogP contribution is 2.50. The number of nitrogens with zero attached hydrogens (tertiary/aromatic N) is 2. The van der Waals surface area contributed by atoms with E-state index in [0.717, 1.165) is 0 Å². The zero-order valence-corrected chi connectivity index (χ0v) is 8.51. The fourth-order valence-corrected chi connectivity index (χ4v) is 1.91. The first kappa shape index (κ1) is 11.8. The van der Waals surface area contributed by atoms with Crippen LogP contribution in [0.25, 0.3) is 5.53 Å². The molecule has 0 aromatic carbocycles. The predicted molar refractivity (Wildman–Crippen MR) is 45.3 cm³/mol. The lowest BCUT2D eigenvalue weighted by molar-refractivity contribution is 0.000846. The number of hydrogen-bond donors (Lipinski definition) is 0. The molecule has 0 unspecified atom stereocenters. The molecule has 12 heavy (non-hydrogen) atoms. The fraction of sp³-hybridized carbons (Fsp3) is 0.800. The van der Waals surface area contributed by atoms with Gasteiger partial charge in [0, 0.05) is 11.6 Å². The molecule has 0 fully saturated rings. The topological polar surface area (TPSA) is 71.9 Å². The summed E-state index contributed by atoms with van der Waals surface area (Å²) in [7, 11) is -3.54. The molecule has 0 rings (SSSR count). The van der Waals surface area contributed by atoms with E-state index in [1.807, 2.05) is 0 Å². The van der Waals surface area contributed by atoms with Crippen LogP contribution in [0.5, 0.6) is 0 Å². The van der Waals surface area contributed by atoms with E-state index in [1.165, 1.54) is 0 Å². The molecule has 0 aliphatic heterocycles. The van der Waals surface area contributed by atoms with E-state index < -0.39 is 12.5 Å². The Morgan fingerprint density at radius 1 is 1.50 bits per heavy atom. The van der Waals surface area contributed by atoms with Gasteiger partial charge in [0.2, 0.25) is 0 Å². The standard InChI is InChI=1S/C5H10ClN2O3P/c1-3-10-12(9,11-4-2)5(6)8-7/h3-4H2,1-2H3. The first-order valence-electron chi connectivity index (χ1n) is 3.38. The highest BCUT2D eigenvalue weighted by atomic mass is 35.5. The third kappa shape index (κ3) is 3.05. The first-order chi connectivity index (χ1) is 5.60. The van der Waals surface area contributed by atoms with Crippen LogP contribution in [0.3, 0.4) is 0 Å². The summed E-state index contributed by atoms with van der Waals surface area (Å²) in [5.41, 5.74) is 8.25. The predicted octanol–water partition coefficient (Wildman–Crippen LogP) is 2.08. The van der Waals surface area contributed by atoms with E-state index in [2.05, 4.69) is 4.79 Å². The highest BCUT2D eigenvalue weighted by molar-refractivity contribution is 7.76. The normalized spacial score (nSPS) is 10.9. The Bertz CT molecular complexity index is 229. The third-order valence-electron chi connectivity index (χ3n) is 0.907. The molecule has 0 saturated carbocycles. The highest BCUT2D eigenvalue weighted by Gasteiger charge is 2.38. The summed E-state index contributed by atoms with van der Waals surface area (Å²) < 4.78 is 20.9. The Hall–Kier alpha value is -0.180. The summed E-state index contributed by atoms with van der Waals surface area (Å²) in [6, 6.07) is 0. The van der Waals surface area contributed by atoms with Gasteiger partial charge in [0.05, 0.1) is 13.2 Å². The zero-order valence-electron chi connectivity index (χ0n) is 6.86. The molecule has 0 spiro atoms. The second kappa shape index (κ2) is 5.46. The lowest BCUT2D eigenvalue weighted by atomic mass is 10.9. The molecule has 0 saturated heterocycles. The molecule has 0 atom stereocenters. The quantitative estimate of drug-likeness (QED) is 0.303. The van der Waals surface area contributed by atoms with Gasteiger partial charge in [-0.1, -0.05) is 0 Å². The van der Waals surface area contributed by atoms with Crippen molar-refractivity contribution >= 4 is 24.1 Å². The average molecular weight is 213 g/mol. The summed E-state index contributed by atoms with van der Waals surface area (Å²) in [6.07, 6.45) is 0. The fourth-order valence-electron chi connectivity index (χ4n) is 0.538. The van der Waals surface area contributed by atoms with Gasteiger partial charge in [-0.3, -0.25) is 9.05 Å². The molecule has 0 radical (unpaired) electrons. The van der Waals surface area contributed by atoms with Gasteiger partial charge in [-0.2, -0.15) is 0 Å². The van der Waals surface area contributed by atoms with Crippen LogP contribution in [0.2, 0.25) is 0 Å². The summed E-state index contributed by atoms with van der Waals surface area (Å²) in [5, 5.41) is 0. The van der Waals surface area contributed by atoms with Crippen LogP contribution in [-0.4, -0.2) is 22.9 Å². The molecule has 0 aliphatic carbocycles. The van der Waals surface area contributed by atoms with Gasteiger partial charge in [0.1, 0.15) is 0 Å². The van der Waals surface area contributed by atoms with Crippen molar-refractivity contribution in [3.8, 4) is 0 Å². The minimum absolute atomic E-state index is 0.170. The van der Waals surface area contributed by atoms with Crippen molar-refractivity contribution in [2.75, 3.05) is 13.2 Å². The van der Waals surface area contributed by atoms with Gasteiger partial charge in [-0.25, -0.2) is 4.57 Å². The molecule has 0 aliphatic rings. The average Bonchev–Trinajstić information content (AvgIpc) is 2.04. The molecule has 0 bridgehead atoms.